The van der Waals surface area contributed by atoms with Crippen LogP contribution in [0.5, 0.6) is 17.2 Å². The first-order valence-corrected chi connectivity index (χ1v) is 11.2. The highest BCUT2D eigenvalue weighted by Crippen LogP contribution is 2.41. The number of amides is 2. The molecule has 2 N–H and O–H groups in total. The van der Waals surface area contributed by atoms with Crippen LogP contribution in [0.3, 0.4) is 0 Å². The van der Waals surface area contributed by atoms with Crippen molar-refractivity contribution in [3.05, 3.63) is 47.1 Å². The normalized spacial score (nSPS) is 13.6. The van der Waals surface area contributed by atoms with Crippen molar-refractivity contribution in [3.63, 3.8) is 0 Å². The summed E-state index contributed by atoms with van der Waals surface area (Å²) in [5, 5.41) is 4.06. The zero-order chi connectivity index (χ0) is 24.2. The summed E-state index contributed by atoms with van der Waals surface area (Å²) in [5.74, 6) is 0.951. The number of hydrogen-bond acceptors (Lipinski definition) is 6. The Bertz CT molecular complexity index is 1200. The number of ether oxygens (including phenoxy) is 3. The summed E-state index contributed by atoms with van der Waals surface area (Å²) in [6, 6.07) is 11.0. The zero-order valence-electron chi connectivity index (χ0n) is 19.3. The van der Waals surface area contributed by atoms with E-state index in [2.05, 4.69) is 15.2 Å². The molecule has 180 valence electrons. The molecule has 1 aromatic heterocycles. The lowest BCUT2D eigenvalue weighted by Gasteiger charge is -2.36. The SMILES string of the molecule is COc1cc(OC)c2cc(C(=O)NCC(=O)N3CCN(c4cccc(Cl)c4)CC3)[nH]c2c1OC. The van der Waals surface area contributed by atoms with Gasteiger partial charge in [-0.2, -0.15) is 0 Å². The molecule has 0 unspecified atom stereocenters. The van der Waals surface area contributed by atoms with Crippen molar-refractivity contribution in [2.24, 2.45) is 0 Å². The number of carbonyl (C=O) groups is 2. The van der Waals surface area contributed by atoms with E-state index >= 15 is 0 Å². The van der Waals surface area contributed by atoms with Crippen LogP contribution < -0.4 is 24.4 Å². The minimum atomic E-state index is -0.398. The van der Waals surface area contributed by atoms with Crippen molar-refractivity contribution in [1.29, 1.82) is 0 Å². The van der Waals surface area contributed by atoms with E-state index in [9.17, 15) is 9.59 Å². The molecule has 2 amide bonds. The molecule has 2 aromatic carbocycles. The van der Waals surface area contributed by atoms with Crippen LogP contribution in [0.2, 0.25) is 5.02 Å². The van der Waals surface area contributed by atoms with E-state index in [-0.39, 0.29) is 12.5 Å². The Morgan fingerprint density at radius 2 is 1.74 bits per heavy atom. The van der Waals surface area contributed by atoms with Crippen LogP contribution in [-0.4, -0.2) is 75.8 Å². The second-order valence-electron chi connectivity index (χ2n) is 7.82. The molecule has 3 aromatic rings. The molecule has 0 aliphatic carbocycles. The summed E-state index contributed by atoms with van der Waals surface area (Å²) in [4.78, 5) is 32.5. The first-order chi connectivity index (χ1) is 16.4. The number of piperazine rings is 1. The molecule has 0 bridgehead atoms. The highest BCUT2D eigenvalue weighted by molar-refractivity contribution is 6.30. The van der Waals surface area contributed by atoms with E-state index in [0.717, 1.165) is 5.69 Å². The Kier molecular flexibility index (Phi) is 7.02. The smallest absolute Gasteiger partial charge is 0.268 e. The highest BCUT2D eigenvalue weighted by atomic mass is 35.5. The average Bonchev–Trinajstić information content (AvgIpc) is 3.31. The zero-order valence-corrected chi connectivity index (χ0v) is 20.1. The molecule has 1 aliphatic heterocycles. The molecule has 0 atom stereocenters. The second kappa shape index (κ2) is 10.1. The lowest BCUT2D eigenvalue weighted by Crippen LogP contribution is -2.51. The lowest BCUT2D eigenvalue weighted by molar-refractivity contribution is -0.130. The fourth-order valence-corrected chi connectivity index (χ4v) is 4.29. The first-order valence-electron chi connectivity index (χ1n) is 10.8. The Labute approximate surface area is 202 Å². The number of aromatic amines is 1. The summed E-state index contributed by atoms with van der Waals surface area (Å²) >= 11 is 6.09. The van der Waals surface area contributed by atoms with Crippen molar-refractivity contribution in [1.82, 2.24) is 15.2 Å². The van der Waals surface area contributed by atoms with Gasteiger partial charge in [-0.15, -0.1) is 0 Å². The summed E-state index contributed by atoms with van der Waals surface area (Å²) in [5.41, 5.74) is 1.90. The van der Waals surface area contributed by atoms with Gasteiger partial charge in [0.25, 0.3) is 5.91 Å². The Morgan fingerprint density at radius 1 is 1.00 bits per heavy atom. The molecule has 0 spiro atoms. The number of methoxy groups -OCH3 is 3. The van der Waals surface area contributed by atoms with Crippen molar-refractivity contribution in [2.45, 2.75) is 0 Å². The fraction of sp³-hybridized carbons (Fsp3) is 0.333. The first kappa shape index (κ1) is 23.6. The van der Waals surface area contributed by atoms with Crippen LogP contribution in [0.25, 0.3) is 10.9 Å². The third kappa shape index (κ3) is 4.70. The van der Waals surface area contributed by atoms with Crippen molar-refractivity contribution in [2.75, 3.05) is 59.0 Å². The predicted molar refractivity (Wildman–Crippen MR) is 131 cm³/mol. The number of aromatic nitrogens is 1. The Hall–Kier alpha value is -3.59. The van der Waals surface area contributed by atoms with E-state index < -0.39 is 5.91 Å². The second-order valence-corrected chi connectivity index (χ2v) is 8.25. The van der Waals surface area contributed by atoms with Gasteiger partial charge in [0.05, 0.1) is 33.4 Å². The quantitative estimate of drug-likeness (QED) is 0.533. The van der Waals surface area contributed by atoms with E-state index in [0.29, 0.717) is 65.0 Å². The van der Waals surface area contributed by atoms with Gasteiger partial charge in [-0.05, 0) is 24.3 Å². The fourth-order valence-electron chi connectivity index (χ4n) is 4.11. The maximum atomic E-state index is 12.8. The Morgan fingerprint density at radius 3 is 2.38 bits per heavy atom. The number of H-pyrrole nitrogens is 1. The number of carbonyl (C=O) groups excluding carboxylic acids is 2. The molecule has 9 nitrogen and oxygen atoms in total. The number of anilines is 1. The van der Waals surface area contributed by atoms with Gasteiger partial charge in [-0.25, -0.2) is 0 Å². The van der Waals surface area contributed by atoms with Crippen molar-refractivity contribution >= 4 is 40.0 Å². The number of benzene rings is 2. The van der Waals surface area contributed by atoms with Gasteiger partial charge in [-0.3, -0.25) is 9.59 Å². The van der Waals surface area contributed by atoms with Gasteiger partial charge in [0, 0.05) is 48.3 Å². The van der Waals surface area contributed by atoms with Crippen LogP contribution in [0.15, 0.2) is 36.4 Å². The largest absolute Gasteiger partial charge is 0.496 e. The number of nitrogens with zero attached hydrogens (tertiary/aromatic N) is 2. The summed E-state index contributed by atoms with van der Waals surface area (Å²) in [7, 11) is 4.59. The summed E-state index contributed by atoms with van der Waals surface area (Å²) in [6.07, 6.45) is 0. The van der Waals surface area contributed by atoms with Gasteiger partial charge < -0.3 is 34.3 Å². The molecule has 0 saturated carbocycles. The van der Waals surface area contributed by atoms with Gasteiger partial charge >= 0.3 is 0 Å². The third-order valence-electron chi connectivity index (χ3n) is 5.89. The van der Waals surface area contributed by atoms with Gasteiger partial charge in [-0.1, -0.05) is 17.7 Å². The molecule has 34 heavy (non-hydrogen) atoms. The molecule has 2 heterocycles. The van der Waals surface area contributed by atoms with Crippen LogP contribution in [-0.2, 0) is 4.79 Å². The maximum Gasteiger partial charge on any atom is 0.268 e. The van der Waals surface area contributed by atoms with E-state index in [4.69, 9.17) is 25.8 Å². The molecule has 1 saturated heterocycles. The van der Waals surface area contributed by atoms with E-state index in [1.807, 2.05) is 24.3 Å². The average molecular weight is 487 g/mol. The van der Waals surface area contributed by atoms with Crippen molar-refractivity contribution in [3.8, 4) is 17.2 Å². The van der Waals surface area contributed by atoms with E-state index in [1.54, 1.807) is 17.0 Å². The van der Waals surface area contributed by atoms with Crippen LogP contribution in [0.1, 0.15) is 10.5 Å². The van der Waals surface area contributed by atoms with Gasteiger partial charge in [0.15, 0.2) is 11.5 Å². The number of rotatable bonds is 7. The maximum absolute atomic E-state index is 12.8. The van der Waals surface area contributed by atoms with Crippen LogP contribution in [0, 0.1) is 0 Å². The molecule has 1 aliphatic rings. The van der Waals surface area contributed by atoms with Crippen LogP contribution in [0.4, 0.5) is 5.69 Å². The third-order valence-corrected chi connectivity index (χ3v) is 6.13. The lowest BCUT2D eigenvalue weighted by atomic mass is 10.2. The van der Waals surface area contributed by atoms with E-state index in [1.165, 1.54) is 21.3 Å². The standard InChI is InChI=1S/C24H27ClN4O5/c1-32-19-13-20(33-2)23(34-3)22-17(19)12-18(27-22)24(31)26-14-21(30)29-9-7-28(8-10-29)16-6-4-5-15(25)11-16/h4-6,11-13,27H,7-10,14H2,1-3H3,(H,26,31). The van der Waals surface area contributed by atoms with Crippen LogP contribution >= 0.6 is 11.6 Å². The highest BCUT2D eigenvalue weighted by Gasteiger charge is 2.23. The number of halogens is 1. The van der Waals surface area contributed by atoms with Gasteiger partial charge in [0.1, 0.15) is 11.4 Å². The summed E-state index contributed by atoms with van der Waals surface area (Å²) < 4.78 is 16.2. The molecule has 0 radical (unpaired) electrons. The number of nitrogens with one attached hydrogen (secondary N) is 2. The predicted octanol–water partition coefficient (Wildman–Crippen LogP) is 2.93. The Balaban J connectivity index is 1.38. The summed E-state index contributed by atoms with van der Waals surface area (Å²) in [6.45, 7) is 2.44. The topological polar surface area (TPSA) is 96.1 Å². The molecule has 10 heteroatoms. The monoisotopic (exact) mass is 486 g/mol. The molecule has 1 fully saturated rings. The number of fused-ring (bicyclic) bond motifs is 1. The molecular formula is C24H27ClN4O5. The number of hydrogen-bond donors (Lipinski definition) is 2. The van der Waals surface area contributed by atoms with Gasteiger partial charge in [0.2, 0.25) is 5.91 Å². The molecule has 4 rings (SSSR count). The molecular weight excluding hydrogens is 460 g/mol. The van der Waals surface area contributed by atoms with Crippen molar-refractivity contribution < 1.29 is 23.8 Å². The minimum Gasteiger partial charge on any atom is -0.496 e. The minimum absolute atomic E-state index is 0.0943.